The van der Waals surface area contributed by atoms with Gasteiger partial charge >= 0.3 is 11.9 Å². The standard InChI is InChI=1S/C44H79N3O14/c1-45-39(40(51)33-48)20-16-24-46-41(52)34-61-31-29-59-27-25-47-42(53)35-60-30-28-58-26-17-19-37(49)23-22-36(44(56)57)32-38(50)18-14-12-10-8-6-4-2-3-5-7-9-11-13-15-21-43(54)55/h36,39,45,48H,2-35H2,1H3,(H,46,52)(H,47,53)(H,54,55)(H,56,57)/t36-,39+/m1/s1. The van der Waals surface area contributed by atoms with Crippen LogP contribution in [0.2, 0.25) is 0 Å². The highest BCUT2D eigenvalue weighted by Crippen LogP contribution is 2.18. The topological polar surface area (TPSA) is 253 Å². The molecule has 0 saturated carbocycles. The van der Waals surface area contributed by atoms with Crippen molar-refractivity contribution in [3.05, 3.63) is 0 Å². The SMILES string of the molecule is CN[C@@H](CCCNC(=O)COCCOCCNC(=O)COCCOCCCC(=O)CC[C@H](CC(=O)CCCCCCCCCCCCCCCCC(=O)O)C(=O)O)C(=O)CO. The zero-order chi connectivity index (χ0) is 45.2. The van der Waals surface area contributed by atoms with Gasteiger partial charge in [-0.25, -0.2) is 0 Å². The summed E-state index contributed by atoms with van der Waals surface area (Å²) in [5, 5.41) is 35.4. The summed E-state index contributed by atoms with van der Waals surface area (Å²) in [6, 6.07) is -0.441. The number of rotatable bonds is 47. The molecule has 0 aliphatic carbocycles. The van der Waals surface area contributed by atoms with Gasteiger partial charge in [-0.3, -0.25) is 33.6 Å². The third-order valence-electron chi connectivity index (χ3n) is 10.1. The molecule has 0 bridgehead atoms. The highest BCUT2D eigenvalue weighted by Gasteiger charge is 2.22. The van der Waals surface area contributed by atoms with Crippen molar-refractivity contribution in [3.8, 4) is 0 Å². The third-order valence-corrected chi connectivity index (χ3v) is 10.1. The number of Topliss-reactive ketones (excluding diaryl/α,β-unsaturated/α-hetero) is 3. The van der Waals surface area contributed by atoms with Crippen molar-refractivity contribution >= 4 is 41.1 Å². The van der Waals surface area contributed by atoms with Gasteiger partial charge in [0.1, 0.15) is 31.4 Å². The molecule has 2 atom stereocenters. The molecule has 0 aromatic carbocycles. The Labute approximate surface area is 363 Å². The van der Waals surface area contributed by atoms with Crippen LogP contribution in [-0.4, -0.2) is 142 Å². The van der Waals surface area contributed by atoms with Gasteiger partial charge in [0, 0.05) is 51.8 Å². The summed E-state index contributed by atoms with van der Waals surface area (Å²) in [5.74, 6) is -3.64. The predicted molar refractivity (Wildman–Crippen MR) is 229 cm³/mol. The van der Waals surface area contributed by atoms with Crippen molar-refractivity contribution in [1.29, 1.82) is 0 Å². The molecule has 0 rings (SSSR count). The molecule has 0 aromatic heterocycles. The van der Waals surface area contributed by atoms with Gasteiger partial charge in [-0.05, 0) is 45.6 Å². The van der Waals surface area contributed by atoms with Gasteiger partial charge in [-0.2, -0.15) is 0 Å². The Kier molecular flexibility index (Phi) is 39.7. The number of aliphatic hydroxyl groups is 1. The number of ether oxygens (including phenoxy) is 4. The smallest absolute Gasteiger partial charge is 0.306 e. The molecule has 6 N–H and O–H groups in total. The van der Waals surface area contributed by atoms with Gasteiger partial charge < -0.3 is 50.2 Å². The maximum atomic E-state index is 12.4. The number of carboxylic acids is 2. The Morgan fingerprint density at radius 3 is 1.48 bits per heavy atom. The van der Waals surface area contributed by atoms with E-state index in [0.717, 1.165) is 44.9 Å². The summed E-state index contributed by atoms with van der Waals surface area (Å²) < 4.78 is 21.4. The minimum absolute atomic E-state index is 0.0427. The average molecular weight is 874 g/mol. The fourth-order valence-electron chi connectivity index (χ4n) is 6.49. The van der Waals surface area contributed by atoms with Gasteiger partial charge in [-0.15, -0.1) is 0 Å². The van der Waals surface area contributed by atoms with E-state index in [1.54, 1.807) is 7.05 Å². The number of unbranched alkanes of at least 4 members (excludes halogenated alkanes) is 13. The van der Waals surface area contributed by atoms with Crippen LogP contribution in [0.4, 0.5) is 0 Å². The number of amides is 2. The molecule has 0 heterocycles. The maximum Gasteiger partial charge on any atom is 0.306 e. The lowest BCUT2D eigenvalue weighted by atomic mass is 9.93. The van der Waals surface area contributed by atoms with Crippen LogP contribution in [0.3, 0.4) is 0 Å². The Morgan fingerprint density at radius 1 is 0.492 bits per heavy atom. The quantitative estimate of drug-likeness (QED) is 0.0466. The summed E-state index contributed by atoms with van der Waals surface area (Å²) in [6.07, 6.45) is 18.0. The van der Waals surface area contributed by atoms with Crippen molar-refractivity contribution in [3.63, 3.8) is 0 Å². The molecule has 61 heavy (non-hydrogen) atoms. The fourth-order valence-corrected chi connectivity index (χ4v) is 6.49. The first kappa shape index (κ1) is 57.6. The Bertz CT molecular complexity index is 1190. The lowest BCUT2D eigenvalue weighted by molar-refractivity contribution is -0.144. The zero-order valence-corrected chi connectivity index (χ0v) is 37.0. The van der Waals surface area contributed by atoms with Crippen LogP contribution in [-0.2, 0) is 52.5 Å². The van der Waals surface area contributed by atoms with Crippen molar-refractivity contribution in [1.82, 2.24) is 16.0 Å². The number of aliphatic hydroxyl groups excluding tert-OH is 1. The van der Waals surface area contributed by atoms with E-state index in [9.17, 15) is 38.7 Å². The Balaban J connectivity index is 3.67. The average Bonchev–Trinajstić information content (AvgIpc) is 3.23. The van der Waals surface area contributed by atoms with E-state index in [-0.39, 0.29) is 114 Å². The molecular weight excluding hydrogens is 794 g/mol. The molecule has 0 spiro atoms. The number of aliphatic carboxylic acids is 2. The lowest BCUT2D eigenvalue weighted by Crippen LogP contribution is -2.37. The first-order valence-electron chi connectivity index (χ1n) is 22.6. The second-order valence-electron chi connectivity index (χ2n) is 15.4. The van der Waals surface area contributed by atoms with Crippen LogP contribution in [0.15, 0.2) is 0 Å². The van der Waals surface area contributed by atoms with E-state index in [1.807, 2.05) is 0 Å². The second-order valence-corrected chi connectivity index (χ2v) is 15.4. The van der Waals surface area contributed by atoms with E-state index in [1.165, 1.54) is 44.9 Å². The summed E-state index contributed by atoms with van der Waals surface area (Å²) in [4.78, 5) is 82.3. The number of carbonyl (C=O) groups excluding carboxylic acids is 5. The van der Waals surface area contributed by atoms with E-state index in [0.29, 0.717) is 38.8 Å². The van der Waals surface area contributed by atoms with Crippen molar-refractivity contribution in [2.75, 3.05) is 79.6 Å². The lowest BCUT2D eigenvalue weighted by Gasteiger charge is -2.13. The van der Waals surface area contributed by atoms with E-state index in [2.05, 4.69) is 16.0 Å². The largest absolute Gasteiger partial charge is 0.481 e. The van der Waals surface area contributed by atoms with E-state index in [4.69, 9.17) is 29.2 Å². The first-order valence-corrected chi connectivity index (χ1v) is 22.6. The van der Waals surface area contributed by atoms with Crippen LogP contribution in [0.25, 0.3) is 0 Å². The number of hydrogen-bond acceptors (Lipinski definition) is 13. The second kappa shape index (κ2) is 42.0. The van der Waals surface area contributed by atoms with E-state index < -0.39 is 30.5 Å². The Morgan fingerprint density at radius 2 is 0.967 bits per heavy atom. The van der Waals surface area contributed by atoms with Crippen LogP contribution in [0, 0.1) is 5.92 Å². The molecule has 0 aliphatic rings. The summed E-state index contributed by atoms with van der Waals surface area (Å²) in [7, 11) is 1.64. The van der Waals surface area contributed by atoms with Crippen molar-refractivity contribution < 1.29 is 67.8 Å². The van der Waals surface area contributed by atoms with Gasteiger partial charge in [0.05, 0.1) is 45.0 Å². The first-order chi connectivity index (χ1) is 29.5. The Hall–Kier alpha value is -3.35. The van der Waals surface area contributed by atoms with Crippen LogP contribution < -0.4 is 16.0 Å². The number of hydrogen-bond donors (Lipinski definition) is 6. The fraction of sp³-hybridized carbons (Fsp3) is 0.841. The minimum Gasteiger partial charge on any atom is -0.481 e. The normalized spacial score (nSPS) is 12.2. The van der Waals surface area contributed by atoms with Gasteiger partial charge in [-0.1, -0.05) is 77.0 Å². The van der Waals surface area contributed by atoms with Crippen molar-refractivity contribution in [2.24, 2.45) is 5.92 Å². The summed E-state index contributed by atoms with van der Waals surface area (Å²) in [5.41, 5.74) is 0. The summed E-state index contributed by atoms with van der Waals surface area (Å²) in [6.45, 7) is 1.31. The highest BCUT2D eigenvalue weighted by atomic mass is 16.5. The molecule has 0 aromatic rings. The minimum atomic E-state index is -1.05. The number of carbonyl (C=O) groups is 7. The molecule has 354 valence electrons. The molecule has 17 nitrogen and oxygen atoms in total. The predicted octanol–water partition coefficient (Wildman–Crippen LogP) is 4.33. The van der Waals surface area contributed by atoms with Gasteiger partial charge in [0.25, 0.3) is 0 Å². The number of nitrogens with one attached hydrogen (secondary N) is 3. The molecule has 0 fully saturated rings. The number of ketones is 3. The molecule has 17 heteroatoms. The van der Waals surface area contributed by atoms with Gasteiger partial charge in [0.15, 0.2) is 5.78 Å². The van der Waals surface area contributed by atoms with Gasteiger partial charge in [0.2, 0.25) is 11.8 Å². The summed E-state index contributed by atoms with van der Waals surface area (Å²) >= 11 is 0. The number of likely N-dealkylation sites (N-methyl/N-ethyl adjacent to an activating group) is 1. The van der Waals surface area contributed by atoms with Crippen molar-refractivity contribution in [2.45, 2.75) is 154 Å². The number of carboxylic acid groups (broad SMARTS) is 2. The van der Waals surface area contributed by atoms with Crippen LogP contribution in [0.5, 0.6) is 0 Å². The van der Waals surface area contributed by atoms with E-state index >= 15 is 0 Å². The molecule has 0 aliphatic heterocycles. The molecule has 0 unspecified atom stereocenters. The molecule has 0 radical (unpaired) electrons. The highest BCUT2D eigenvalue weighted by molar-refractivity contribution is 5.85. The molecule has 2 amide bonds. The molecule has 0 saturated heterocycles. The monoisotopic (exact) mass is 874 g/mol. The van der Waals surface area contributed by atoms with Crippen LogP contribution >= 0.6 is 0 Å². The third kappa shape index (κ3) is 39.3. The maximum absolute atomic E-state index is 12.4. The molecular formula is C44H79N3O14. The zero-order valence-electron chi connectivity index (χ0n) is 37.0. The van der Waals surface area contributed by atoms with Crippen LogP contribution in [0.1, 0.15) is 148 Å².